The van der Waals surface area contributed by atoms with Crippen molar-refractivity contribution in [3.63, 3.8) is 0 Å². The lowest BCUT2D eigenvalue weighted by Crippen LogP contribution is -2.43. The summed E-state index contributed by atoms with van der Waals surface area (Å²) in [5, 5.41) is 4.56. The van der Waals surface area contributed by atoms with E-state index in [2.05, 4.69) is 10.6 Å². The van der Waals surface area contributed by atoms with Crippen LogP contribution in [0.1, 0.15) is 39.7 Å². The number of nitrogens with one attached hydrogen (secondary N) is 2. The van der Waals surface area contributed by atoms with Gasteiger partial charge in [-0.25, -0.2) is 9.59 Å². The summed E-state index contributed by atoms with van der Waals surface area (Å²) < 4.78 is 16.0. The largest absolute Gasteiger partial charge is 0.490 e. The topological polar surface area (TPSA) is 103 Å². The Morgan fingerprint density at radius 2 is 1.86 bits per heavy atom. The minimum absolute atomic E-state index is 0.112. The van der Waals surface area contributed by atoms with Crippen LogP contribution in [-0.4, -0.2) is 43.8 Å². The summed E-state index contributed by atoms with van der Waals surface area (Å²) in [6.45, 7) is 7.91. The number of hydrogen-bond acceptors (Lipinski definition) is 6. The molecule has 0 fully saturated rings. The van der Waals surface area contributed by atoms with Gasteiger partial charge in [-0.05, 0) is 51.0 Å². The summed E-state index contributed by atoms with van der Waals surface area (Å²) in [6.07, 6.45) is 3.61. The van der Waals surface area contributed by atoms with Crippen molar-refractivity contribution in [1.82, 2.24) is 10.6 Å². The zero-order valence-electron chi connectivity index (χ0n) is 16.7. The molecule has 1 aromatic rings. The van der Waals surface area contributed by atoms with Crippen molar-refractivity contribution in [3.05, 3.63) is 29.8 Å². The van der Waals surface area contributed by atoms with Crippen molar-refractivity contribution in [2.45, 2.75) is 40.2 Å². The quantitative estimate of drug-likeness (QED) is 0.469. The van der Waals surface area contributed by atoms with Crippen LogP contribution in [0.15, 0.2) is 24.3 Å². The molecule has 0 aliphatic heterocycles. The molecular weight excluding hydrogens is 364 g/mol. The van der Waals surface area contributed by atoms with Crippen LogP contribution in [0.2, 0.25) is 0 Å². The van der Waals surface area contributed by atoms with Crippen LogP contribution in [0.3, 0.4) is 0 Å². The van der Waals surface area contributed by atoms with Gasteiger partial charge in [0.25, 0.3) is 5.91 Å². The van der Waals surface area contributed by atoms with Gasteiger partial charge in [0.15, 0.2) is 18.1 Å². The highest BCUT2D eigenvalue weighted by Crippen LogP contribution is 2.29. The third-order valence-electron chi connectivity index (χ3n) is 3.16. The number of ether oxygens (including phenoxy) is 3. The number of carbonyl (C=O) groups excluding carboxylic acids is 3. The van der Waals surface area contributed by atoms with Crippen LogP contribution >= 0.6 is 0 Å². The fourth-order valence-electron chi connectivity index (χ4n) is 2.04. The Labute approximate surface area is 165 Å². The molecule has 0 aliphatic rings. The molecule has 0 radical (unpaired) electrons. The Kier molecular flexibility index (Phi) is 10.2. The summed E-state index contributed by atoms with van der Waals surface area (Å²) in [5.74, 6) is -0.193. The monoisotopic (exact) mass is 392 g/mol. The van der Waals surface area contributed by atoms with Crippen molar-refractivity contribution < 1.29 is 28.6 Å². The molecule has 0 atom stereocenters. The maximum absolute atomic E-state index is 11.8. The zero-order valence-corrected chi connectivity index (χ0v) is 16.7. The number of benzene rings is 1. The summed E-state index contributed by atoms with van der Waals surface area (Å²) in [7, 11) is 0. The SMILES string of the molecule is CCCOc1ccc(/C=C/C(=O)OCC(=O)NC(=O)NC(C)C)cc1OCC. The highest BCUT2D eigenvalue weighted by Gasteiger charge is 2.10. The van der Waals surface area contributed by atoms with Crippen molar-refractivity contribution in [1.29, 1.82) is 0 Å². The van der Waals surface area contributed by atoms with Gasteiger partial charge in [0.2, 0.25) is 0 Å². The van der Waals surface area contributed by atoms with Gasteiger partial charge in [-0.15, -0.1) is 0 Å². The van der Waals surface area contributed by atoms with E-state index in [1.165, 1.54) is 12.2 Å². The molecule has 1 aromatic carbocycles. The van der Waals surface area contributed by atoms with Gasteiger partial charge < -0.3 is 19.5 Å². The molecule has 8 heteroatoms. The van der Waals surface area contributed by atoms with Gasteiger partial charge in [0.1, 0.15) is 0 Å². The van der Waals surface area contributed by atoms with E-state index in [1.54, 1.807) is 32.0 Å². The van der Waals surface area contributed by atoms with Crippen LogP contribution in [0, 0.1) is 0 Å². The standard InChI is InChI=1S/C20H28N2O6/c1-5-11-27-16-9-7-15(12-17(16)26-6-2)8-10-19(24)28-13-18(23)22-20(25)21-14(3)4/h7-10,12,14H,5-6,11,13H2,1-4H3,(H2,21,22,23,25)/b10-8+. The maximum atomic E-state index is 11.8. The molecule has 0 heterocycles. The summed E-state index contributed by atoms with van der Waals surface area (Å²) in [5.41, 5.74) is 0.713. The summed E-state index contributed by atoms with van der Waals surface area (Å²) in [4.78, 5) is 34.7. The molecule has 154 valence electrons. The second-order valence-electron chi connectivity index (χ2n) is 6.11. The van der Waals surface area contributed by atoms with E-state index in [-0.39, 0.29) is 6.04 Å². The van der Waals surface area contributed by atoms with Gasteiger partial charge >= 0.3 is 12.0 Å². The predicted molar refractivity (Wildman–Crippen MR) is 105 cm³/mol. The van der Waals surface area contributed by atoms with Gasteiger partial charge in [-0.2, -0.15) is 0 Å². The molecule has 1 rings (SSSR count). The third kappa shape index (κ3) is 9.07. The molecule has 0 aliphatic carbocycles. The maximum Gasteiger partial charge on any atom is 0.331 e. The lowest BCUT2D eigenvalue weighted by Gasteiger charge is -2.12. The number of urea groups is 1. The first-order valence-corrected chi connectivity index (χ1v) is 9.20. The van der Waals surface area contributed by atoms with E-state index in [4.69, 9.17) is 14.2 Å². The van der Waals surface area contributed by atoms with Crippen molar-refractivity contribution in [2.75, 3.05) is 19.8 Å². The van der Waals surface area contributed by atoms with E-state index < -0.39 is 24.5 Å². The Morgan fingerprint density at radius 3 is 2.50 bits per heavy atom. The number of carbonyl (C=O) groups is 3. The summed E-state index contributed by atoms with van der Waals surface area (Å²) in [6, 6.07) is 4.55. The molecule has 8 nitrogen and oxygen atoms in total. The van der Waals surface area contributed by atoms with E-state index in [0.29, 0.717) is 30.3 Å². The smallest absolute Gasteiger partial charge is 0.331 e. The number of amides is 3. The highest BCUT2D eigenvalue weighted by atomic mass is 16.5. The lowest BCUT2D eigenvalue weighted by atomic mass is 10.2. The van der Waals surface area contributed by atoms with E-state index in [0.717, 1.165) is 6.42 Å². The molecule has 0 saturated carbocycles. The first-order valence-electron chi connectivity index (χ1n) is 9.20. The minimum atomic E-state index is -0.712. The predicted octanol–water partition coefficient (Wildman–Crippen LogP) is 2.66. The normalized spacial score (nSPS) is 10.6. The number of hydrogen-bond donors (Lipinski definition) is 2. The Bertz CT molecular complexity index is 700. The van der Waals surface area contributed by atoms with Crippen LogP contribution in [-0.2, 0) is 14.3 Å². The average Bonchev–Trinajstić information content (AvgIpc) is 2.63. The number of imide groups is 1. The lowest BCUT2D eigenvalue weighted by molar-refractivity contribution is -0.143. The van der Waals surface area contributed by atoms with Gasteiger partial charge in [-0.3, -0.25) is 10.1 Å². The highest BCUT2D eigenvalue weighted by molar-refractivity contribution is 5.96. The molecular formula is C20H28N2O6. The van der Waals surface area contributed by atoms with Crippen LogP contribution < -0.4 is 20.1 Å². The van der Waals surface area contributed by atoms with Gasteiger partial charge in [0, 0.05) is 12.1 Å². The Balaban J connectivity index is 2.58. The average molecular weight is 392 g/mol. The van der Waals surface area contributed by atoms with Gasteiger partial charge in [-0.1, -0.05) is 13.0 Å². The Hall–Kier alpha value is -3.03. The second kappa shape index (κ2) is 12.4. The van der Waals surface area contributed by atoms with Gasteiger partial charge in [0.05, 0.1) is 13.2 Å². The first-order chi connectivity index (χ1) is 13.3. The van der Waals surface area contributed by atoms with Crippen molar-refractivity contribution in [2.24, 2.45) is 0 Å². The fraction of sp³-hybridized carbons (Fsp3) is 0.450. The zero-order chi connectivity index (χ0) is 20.9. The Morgan fingerprint density at radius 1 is 1.11 bits per heavy atom. The molecule has 2 N–H and O–H groups in total. The van der Waals surface area contributed by atoms with Crippen LogP contribution in [0.4, 0.5) is 4.79 Å². The molecule has 28 heavy (non-hydrogen) atoms. The minimum Gasteiger partial charge on any atom is -0.490 e. The number of esters is 1. The molecule has 0 bridgehead atoms. The third-order valence-corrected chi connectivity index (χ3v) is 3.16. The molecule has 0 saturated heterocycles. The number of rotatable bonds is 10. The second-order valence-corrected chi connectivity index (χ2v) is 6.11. The van der Waals surface area contributed by atoms with Crippen molar-refractivity contribution >= 4 is 24.0 Å². The molecule has 3 amide bonds. The first kappa shape index (κ1) is 23.0. The van der Waals surface area contributed by atoms with E-state index in [9.17, 15) is 14.4 Å². The van der Waals surface area contributed by atoms with E-state index in [1.807, 2.05) is 13.8 Å². The molecule has 0 unspecified atom stereocenters. The molecule has 0 spiro atoms. The fourth-order valence-corrected chi connectivity index (χ4v) is 2.04. The van der Waals surface area contributed by atoms with Crippen molar-refractivity contribution in [3.8, 4) is 11.5 Å². The molecule has 0 aromatic heterocycles. The summed E-state index contributed by atoms with van der Waals surface area (Å²) >= 11 is 0. The van der Waals surface area contributed by atoms with E-state index >= 15 is 0 Å². The van der Waals surface area contributed by atoms with Crippen LogP contribution in [0.25, 0.3) is 6.08 Å². The van der Waals surface area contributed by atoms with Crippen LogP contribution in [0.5, 0.6) is 11.5 Å².